The lowest BCUT2D eigenvalue weighted by Gasteiger charge is -2.17. The Kier molecular flexibility index (Phi) is 4.44. The summed E-state index contributed by atoms with van der Waals surface area (Å²) in [5.74, 6) is -1.01. The smallest absolute Gasteiger partial charge is 0.337 e. The number of hydrogen-bond donors (Lipinski definition) is 2. The van der Waals surface area contributed by atoms with Gasteiger partial charge in [0.15, 0.2) is 0 Å². The Labute approximate surface area is 157 Å². The first kappa shape index (κ1) is 17.3. The minimum Gasteiger partial charge on any atom is -0.478 e. The lowest BCUT2D eigenvalue weighted by atomic mass is 9.95. The van der Waals surface area contributed by atoms with E-state index in [-0.39, 0.29) is 5.91 Å². The second-order valence-electron chi connectivity index (χ2n) is 7.11. The van der Waals surface area contributed by atoms with Crippen LogP contribution in [0.2, 0.25) is 0 Å². The van der Waals surface area contributed by atoms with Crippen molar-refractivity contribution in [3.63, 3.8) is 0 Å². The number of nitrogens with zero attached hydrogens (tertiary/aromatic N) is 1. The monoisotopic (exact) mass is 362 g/mol. The molecule has 5 nitrogen and oxygen atoms in total. The van der Waals surface area contributed by atoms with E-state index in [1.807, 2.05) is 36.4 Å². The first-order valence-electron chi connectivity index (χ1n) is 9.27. The summed E-state index contributed by atoms with van der Waals surface area (Å²) in [5, 5.41) is 13.6. The van der Waals surface area contributed by atoms with E-state index < -0.39 is 5.97 Å². The molecule has 2 N–H and O–H groups in total. The maximum Gasteiger partial charge on any atom is 0.337 e. The van der Waals surface area contributed by atoms with E-state index in [0.717, 1.165) is 47.8 Å². The Morgan fingerprint density at radius 1 is 1.11 bits per heavy atom. The zero-order valence-electron chi connectivity index (χ0n) is 15.3. The molecule has 0 bridgehead atoms. The third kappa shape index (κ3) is 3.21. The molecule has 27 heavy (non-hydrogen) atoms. The highest BCUT2D eigenvalue weighted by Crippen LogP contribution is 2.34. The largest absolute Gasteiger partial charge is 0.478 e. The Bertz CT molecular complexity index is 1050. The molecule has 0 spiro atoms. The summed E-state index contributed by atoms with van der Waals surface area (Å²) in [4.78, 5) is 23.2. The van der Waals surface area contributed by atoms with Crippen LogP contribution >= 0.6 is 0 Å². The van der Waals surface area contributed by atoms with Crippen LogP contribution in [0.25, 0.3) is 10.9 Å². The summed E-state index contributed by atoms with van der Waals surface area (Å²) in [6.07, 6.45) is 4.22. The van der Waals surface area contributed by atoms with E-state index in [1.165, 1.54) is 18.2 Å². The Balaban J connectivity index is 1.86. The van der Waals surface area contributed by atoms with Crippen LogP contribution in [0.1, 0.15) is 46.9 Å². The summed E-state index contributed by atoms with van der Waals surface area (Å²) >= 11 is 0. The van der Waals surface area contributed by atoms with Crippen LogP contribution in [0.3, 0.4) is 0 Å². The predicted molar refractivity (Wildman–Crippen MR) is 105 cm³/mol. The van der Waals surface area contributed by atoms with Gasteiger partial charge in [0.05, 0.1) is 11.1 Å². The Hall–Kier alpha value is -3.08. The average Bonchev–Trinajstić information content (AvgIpc) is 2.96. The van der Waals surface area contributed by atoms with E-state index in [4.69, 9.17) is 0 Å². The quantitative estimate of drug-likeness (QED) is 0.730. The lowest BCUT2D eigenvalue weighted by Crippen LogP contribution is -2.11. The summed E-state index contributed by atoms with van der Waals surface area (Å²) in [6, 6.07) is 13.3. The number of nitrogens with one attached hydrogen (secondary N) is 1. The molecule has 0 saturated heterocycles. The molecule has 1 aromatic heterocycles. The number of para-hydroxylation sites is 1. The minimum absolute atomic E-state index is 0.107. The maximum absolute atomic E-state index is 11.8. The second-order valence-corrected chi connectivity index (χ2v) is 7.11. The predicted octanol–water partition coefficient (Wildman–Crippen LogP) is 4.23. The van der Waals surface area contributed by atoms with Crippen molar-refractivity contribution in [3.8, 4) is 0 Å². The summed E-state index contributed by atoms with van der Waals surface area (Å²) in [7, 11) is 0. The average molecular weight is 362 g/mol. The molecule has 1 amide bonds. The molecule has 1 aliphatic carbocycles. The molecule has 3 aromatic rings. The van der Waals surface area contributed by atoms with Crippen LogP contribution in [-0.4, -0.2) is 21.6 Å². The van der Waals surface area contributed by atoms with E-state index in [1.54, 1.807) is 6.07 Å². The number of carbonyl (C=O) groups is 2. The van der Waals surface area contributed by atoms with E-state index in [2.05, 4.69) is 9.88 Å². The summed E-state index contributed by atoms with van der Waals surface area (Å²) < 4.78 is 2.17. The normalized spacial score (nSPS) is 13.4. The van der Waals surface area contributed by atoms with Crippen LogP contribution in [-0.2, 0) is 24.2 Å². The number of hydrogen-bond acceptors (Lipinski definition) is 2. The number of aromatic carboxylic acids is 1. The van der Waals surface area contributed by atoms with Gasteiger partial charge in [-0.15, -0.1) is 0 Å². The fourth-order valence-electron chi connectivity index (χ4n) is 4.17. The van der Waals surface area contributed by atoms with E-state index >= 15 is 0 Å². The van der Waals surface area contributed by atoms with Crippen molar-refractivity contribution in [1.82, 2.24) is 4.57 Å². The number of aryl methyl sites for hydroxylation is 1. The van der Waals surface area contributed by atoms with Gasteiger partial charge in [-0.05, 0) is 55.0 Å². The fourth-order valence-corrected chi connectivity index (χ4v) is 4.17. The van der Waals surface area contributed by atoms with E-state index in [9.17, 15) is 14.7 Å². The van der Waals surface area contributed by atoms with Crippen LogP contribution in [0.5, 0.6) is 0 Å². The number of carbonyl (C=O) groups excluding carboxylic acids is 1. The standard InChI is InChI=1S/C22H22N2O3/c1-14(25)23-16-7-4-6-15(12-16)13-24-20-11-3-2-8-17(20)18-9-5-10-19(21(18)24)22(26)27/h4-7,9-10,12H,2-3,8,11,13H2,1H3,(H,23,25)(H,26,27). The number of fused-ring (bicyclic) bond motifs is 3. The van der Waals surface area contributed by atoms with E-state index in [0.29, 0.717) is 12.1 Å². The Morgan fingerprint density at radius 3 is 2.67 bits per heavy atom. The molecule has 0 saturated carbocycles. The second kappa shape index (κ2) is 6.91. The third-order valence-corrected chi connectivity index (χ3v) is 5.21. The van der Waals surface area contributed by atoms with Gasteiger partial charge >= 0.3 is 5.97 Å². The number of carboxylic acid groups (broad SMARTS) is 1. The zero-order chi connectivity index (χ0) is 19.0. The van der Waals surface area contributed by atoms with Crippen LogP contribution in [0.4, 0.5) is 5.69 Å². The maximum atomic E-state index is 11.8. The molecular formula is C22H22N2O3. The van der Waals surface area contributed by atoms with Crippen molar-refractivity contribution in [3.05, 3.63) is 64.8 Å². The van der Waals surface area contributed by atoms with Gasteiger partial charge in [0.25, 0.3) is 0 Å². The lowest BCUT2D eigenvalue weighted by molar-refractivity contribution is -0.114. The minimum atomic E-state index is -0.899. The molecular weight excluding hydrogens is 340 g/mol. The first-order chi connectivity index (χ1) is 13.0. The number of benzene rings is 2. The fraction of sp³-hybridized carbons (Fsp3) is 0.273. The van der Waals surface area contributed by atoms with Gasteiger partial charge in [-0.2, -0.15) is 0 Å². The zero-order valence-corrected chi connectivity index (χ0v) is 15.3. The number of rotatable bonds is 4. The number of amides is 1. The number of carboxylic acids is 1. The summed E-state index contributed by atoms with van der Waals surface area (Å²) in [6.45, 7) is 2.07. The molecule has 0 fully saturated rings. The van der Waals surface area contributed by atoms with Gasteiger partial charge in [0.1, 0.15) is 0 Å². The third-order valence-electron chi connectivity index (χ3n) is 5.21. The Morgan fingerprint density at radius 2 is 1.89 bits per heavy atom. The number of aromatic nitrogens is 1. The van der Waals surface area contributed by atoms with Crippen LogP contribution in [0, 0.1) is 0 Å². The van der Waals surface area contributed by atoms with Gasteiger partial charge in [-0.3, -0.25) is 4.79 Å². The molecule has 138 valence electrons. The topological polar surface area (TPSA) is 71.3 Å². The highest BCUT2D eigenvalue weighted by molar-refractivity contribution is 6.04. The highest BCUT2D eigenvalue weighted by Gasteiger charge is 2.23. The molecule has 2 aromatic carbocycles. The van der Waals surface area contributed by atoms with Gasteiger partial charge in [-0.1, -0.05) is 24.3 Å². The number of anilines is 1. The van der Waals surface area contributed by atoms with Crippen molar-refractivity contribution < 1.29 is 14.7 Å². The van der Waals surface area contributed by atoms with Gasteiger partial charge in [-0.25, -0.2) is 4.79 Å². The summed E-state index contributed by atoms with van der Waals surface area (Å²) in [5.41, 5.74) is 5.48. The van der Waals surface area contributed by atoms with Crippen molar-refractivity contribution in [2.24, 2.45) is 0 Å². The SMILES string of the molecule is CC(=O)Nc1cccc(Cn2c3c(c4cccc(C(=O)O)c42)CCCC3)c1. The molecule has 0 radical (unpaired) electrons. The molecule has 4 rings (SSSR count). The van der Waals surface area contributed by atoms with Gasteiger partial charge in [0.2, 0.25) is 5.91 Å². The van der Waals surface area contributed by atoms with Crippen molar-refractivity contribution in [2.75, 3.05) is 5.32 Å². The van der Waals surface area contributed by atoms with Crippen LogP contribution in [0.15, 0.2) is 42.5 Å². The molecule has 0 atom stereocenters. The highest BCUT2D eigenvalue weighted by atomic mass is 16.4. The molecule has 5 heteroatoms. The van der Waals surface area contributed by atoms with Gasteiger partial charge < -0.3 is 15.0 Å². The van der Waals surface area contributed by atoms with Crippen LogP contribution < -0.4 is 5.32 Å². The van der Waals surface area contributed by atoms with Crippen molar-refractivity contribution in [2.45, 2.75) is 39.2 Å². The van der Waals surface area contributed by atoms with Gasteiger partial charge in [0, 0.05) is 30.2 Å². The van der Waals surface area contributed by atoms with Crippen molar-refractivity contribution in [1.29, 1.82) is 0 Å². The first-order valence-corrected chi connectivity index (χ1v) is 9.27. The molecule has 1 heterocycles. The van der Waals surface area contributed by atoms with Crippen molar-refractivity contribution >= 4 is 28.5 Å². The molecule has 1 aliphatic rings. The molecule has 0 unspecified atom stereocenters. The molecule has 0 aliphatic heterocycles.